The number of rotatable bonds is 24. The molecule has 0 aromatic heterocycles. The molecular weight excluding hydrogens is 1630 g/mol. The lowest BCUT2D eigenvalue weighted by Crippen LogP contribution is -2.60. The highest BCUT2D eigenvalue weighted by Gasteiger charge is 2.74. The summed E-state index contributed by atoms with van der Waals surface area (Å²) in [5, 5.41) is 18.4. The second kappa shape index (κ2) is 36.6. The summed E-state index contributed by atoms with van der Waals surface area (Å²) in [5.74, 6) is 4.14. The Morgan fingerprint density at radius 2 is 0.667 bits per heavy atom. The van der Waals surface area contributed by atoms with Crippen molar-refractivity contribution in [3.8, 4) is 0 Å². The number of halogens is 12. The van der Waals surface area contributed by atoms with E-state index in [0.29, 0.717) is 73.0 Å². The number of alkyl halides is 12. The van der Waals surface area contributed by atoms with Crippen molar-refractivity contribution < 1.29 is 139 Å². The lowest BCUT2D eigenvalue weighted by molar-refractivity contribution is -0.374. The average Bonchev–Trinajstić information content (AvgIpc) is 1.10. The number of fused-ring (bicyclic) bond motifs is 4. The van der Waals surface area contributed by atoms with Crippen LogP contribution in [-0.2, 0) is 76.3 Å². The van der Waals surface area contributed by atoms with Gasteiger partial charge < -0.3 is 48.1 Å². The maximum Gasteiger partial charge on any atom is 0.426 e. The Morgan fingerprint density at radius 3 is 0.959 bits per heavy atom. The van der Waals surface area contributed by atoms with E-state index in [1.807, 2.05) is 69.2 Å². The molecule has 14 aliphatic carbocycles. The SMILES string of the molecule is CCC(C)(C)C(=O)OC(C)CC(O)(C(F)(F)F)C(F)(F)F.CCC(C)(C)C(=O)OC1(CC)C2CC3CC(C2)CC1C3.CCC(C)(C)C(=O)OC1(CC)C2CC3CC(C2)CC1C3.CCC(C)(C)C(=O)OC1C2CC3C(=O)OC1C3C2.CCC(C)(C)C(=O)OC1C2CC3C(=O)OC1C3C2.CCC(C)(C)C(=O)OC1CC2CC(CC(O)(C(F)(F)F)C(F)(F)F)C1C2. The van der Waals surface area contributed by atoms with Gasteiger partial charge in [-0.3, -0.25) is 38.4 Å². The first-order valence-electron chi connectivity index (χ1n) is 45.8. The molecule has 0 aromatic rings. The van der Waals surface area contributed by atoms with Crippen LogP contribution in [0.1, 0.15) is 319 Å². The molecule has 2 heterocycles. The Balaban J connectivity index is 0.000000168. The molecule has 14 bridgehead atoms. The molecule has 0 amide bonds. The highest BCUT2D eigenvalue weighted by atomic mass is 19.4. The van der Waals surface area contributed by atoms with Crippen LogP contribution in [0.5, 0.6) is 0 Å². The van der Waals surface area contributed by atoms with Gasteiger partial charge in [0.15, 0.2) is 0 Å². The molecule has 0 spiro atoms. The van der Waals surface area contributed by atoms with E-state index >= 15 is 0 Å². The lowest BCUT2D eigenvalue weighted by atomic mass is 9.49. The molecule has 2 aliphatic heterocycles. The number of carbonyl (C=O) groups excluding carboxylic acids is 8. The minimum absolute atomic E-state index is 0.0364. The van der Waals surface area contributed by atoms with Crippen molar-refractivity contribution in [2.24, 2.45) is 133 Å². The zero-order valence-corrected chi connectivity index (χ0v) is 76.3. The molecule has 2 N–H and O–H groups in total. The van der Waals surface area contributed by atoms with E-state index < -0.39 is 106 Å². The van der Waals surface area contributed by atoms with Crippen LogP contribution in [-0.4, -0.2) is 142 Å². The van der Waals surface area contributed by atoms with Crippen molar-refractivity contribution in [1.82, 2.24) is 0 Å². The summed E-state index contributed by atoms with van der Waals surface area (Å²) >= 11 is 0. The van der Waals surface area contributed by atoms with Crippen molar-refractivity contribution in [3.63, 3.8) is 0 Å². The van der Waals surface area contributed by atoms with E-state index in [1.165, 1.54) is 78.1 Å². The van der Waals surface area contributed by atoms with Gasteiger partial charge in [-0.1, -0.05) is 55.4 Å². The molecule has 2 saturated heterocycles. The summed E-state index contributed by atoms with van der Waals surface area (Å²) < 4.78 is 197. The molecule has 16 aliphatic rings. The molecule has 0 radical (unpaired) electrons. The maximum atomic E-state index is 12.9. The van der Waals surface area contributed by atoms with Crippen LogP contribution in [0, 0.1) is 133 Å². The topological polar surface area (TPSA) is 251 Å². The van der Waals surface area contributed by atoms with Crippen LogP contribution in [0.4, 0.5) is 52.7 Å². The standard InChI is InChI=1S/2C18H30O2.C17H24F6O3.2C14H20O4.C12H18F6O3/c2*1-5-17(3,4)16(19)20-18(6-2)14-8-12-7-13(10-14)11-15(18)9-12;1-4-14(2,3)13(24)26-12-7-9-5-10(11(12)6-9)8-15(25,16(18,19)20)17(21,22)23;2*1-4-14(2,3)13(16)18-10-7-5-8-9(6-7)12(15)17-11(8)10;1-5-9(3,4)8(19)21-7(2)6-10(20,11(13,14)15)12(16,17)18/h2*12-15H,5-11H2,1-4H3;9-12,25H,4-8H2,1-3H3;2*7-11H,4-6H2,1-3H3;7,20H,5-6H2,1-4H3. The Hall–Kier alpha value is -5.16. The molecule has 18 nitrogen and oxygen atoms in total. The molecule has 15 atom stereocenters. The molecule has 0 aromatic carbocycles. The first-order valence-corrected chi connectivity index (χ1v) is 45.8. The number of esters is 8. The van der Waals surface area contributed by atoms with E-state index in [-0.39, 0.29) is 106 Å². The van der Waals surface area contributed by atoms with E-state index in [1.54, 1.807) is 27.7 Å². The predicted octanol–water partition coefficient (Wildman–Crippen LogP) is 21.2. The van der Waals surface area contributed by atoms with Gasteiger partial charge in [0.25, 0.3) is 11.2 Å². The first-order chi connectivity index (χ1) is 56.4. The van der Waals surface area contributed by atoms with Gasteiger partial charge in [0.2, 0.25) is 0 Å². The zero-order chi connectivity index (χ0) is 92.6. The van der Waals surface area contributed by atoms with E-state index in [0.717, 1.165) is 94.8 Å². The van der Waals surface area contributed by atoms with E-state index in [2.05, 4.69) is 32.4 Å². The summed E-state index contributed by atoms with van der Waals surface area (Å²) in [6.07, 6.45) is -5.91. The van der Waals surface area contributed by atoms with Gasteiger partial charge >= 0.3 is 72.5 Å². The zero-order valence-electron chi connectivity index (χ0n) is 76.3. The second-order valence-corrected chi connectivity index (χ2v) is 43.3. The minimum atomic E-state index is -5.92. The molecule has 16 rings (SSSR count). The summed E-state index contributed by atoms with van der Waals surface area (Å²) in [6, 6.07) is 0. The smallest absolute Gasteiger partial charge is 0.426 e. The van der Waals surface area contributed by atoms with Crippen molar-refractivity contribution in [2.45, 2.75) is 402 Å². The Kier molecular flexibility index (Phi) is 30.3. The Labute approximate surface area is 719 Å². The van der Waals surface area contributed by atoms with Gasteiger partial charge in [-0.2, -0.15) is 52.7 Å². The van der Waals surface area contributed by atoms with Crippen LogP contribution in [0.2, 0.25) is 0 Å². The minimum Gasteiger partial charge on any atom is -0.462 e. The summed E-state index contributed by atoms with van der Waals surface area (Å²) in [6.45, 7) is 38.8. The predicted molar refractivity (Wildman–Crippen MR) is 429 cm³/mol. The van der Waals surface area contributed by atoms with E-state index in [9.17, 15) is 96.1 Å². The van der Waals surface area contributed by atoms with Gasteiger partial charge in [0.05, 0.1) is 44.3 Å². The van der Waals surface area contributed by atoms with Crippen LogP contribution < -0.4 is 0 Å². The Bertz CT molecular complexity index is 3510. The summed E-state index contributed by atoms with van der Waals surface area (Å²) in [7, 11) is 0. The van der Waals surface area contributed by atoms with Crippen LogP contribution >= 0.6 is 0 Å². The van der Waals surface area contributed by atoms with Crippen molar-refractivity contribution >= 4 is 47.8 Å². The molecule has 123 heavy (non-hydrogen) atoms. The number of hydrogen-bond acceptors (Lipinski definition) is 18. The highest BCUT2D eigenvalue weighted by Crippen LogP contribution is 2.65. The van der Waals surface area contributed by atoms with Crippen molar-refractivity contribution in [2.75, 3.05) is 0 Å². The first kappa shape index (κ1) is 102. The van der Waals surface area contributed by atoms with Gasteiger partial charge in [-0.15, -0.1) is 0 Å². The fourth-order valence-electron chi connectivity index (χ4n) is 22.8. The Morgan fingerprint density at radius 1 is 0.374 bits per heavy atom. The van der Waals surface area contributed by atoms with E-state index in [4.69, 9.17) is 38.3 Å². The molecular formula is C93H142F12O18. The third-order valence-electron chi connectivity index (χ3n) is 33.1. The summed E-state index contributed by atoms with van der Waals surface area (Å²) in [5.41, 5.74) is -13.3. The number of hydrogen-bond donors (Lipinski definition) is 2. The third kappa shape index (κ3) is 20.4. The second-order valence-electron chi connectivity index (χ2n) is 43.3. The van der Waals surface area contributed by atoms with Gasteiger partial charge in [0, 0.05) is 30.1 Å². The molecule has 706 valence electrons. The number of carbonyl (C=O) groups is 8. The van der Waals surface area contributed by atoms with Crippen molar-refractivity contribution in [3.05, 3.63) is 0 Å². The van der Waals surface area contributed by atoms with Gasteiger partial charge in [-0.05, 0) is 322 Å². The quantitative estimate of drug-likeness (QED) is 0.0517. The number of ether oxygens (including phenoxy) is 8. The van der Waals surface area contributed by atoms with Crippen molar-refractivity contribution in [1.29, 1.82) is 0 Å². The fourth-order valence-corrected chi connectivity index (χ4v) is 22.8. The molecule has 15 unspecified atom stereocenters. The maximum absolute atomic E-state index is 12.9. The normalized spacial score (nSPS) is 35.0. The largest absolute Gasteiger partial charge is 0.462 e. The molecule has 30 heteroatoms. The highest BCUT2D eigenvalue weighted by molar-refractivity contribution is 5.81. The number of aliphatic hydroxyl groups is 2. The van der Waals surface area contributed by atoms with Gasteiger partial charge in [0.1, 0.15) is 47.8 Å². The van der Waals surface area contributed by atoms with Crippen LogP contribution in [0.25, 0.3) is 0 Å². The average molecular weight is 1780 g/mol. The summed E-state index contributed by atoms with van der Waals surface area (Å²) in [4.78, 5) is 96.6. The van der Waals surface area contributed by atoms with Crippen LogP contribution in [0.15, 0.2) is 0 Å². The molecule has 16 fully saturated rings. The third-order valence-corrected chi connectivity index (χ3v) is 33.1. The monoisotopic (exact) mass is 1780 g/mol. The fraction of sp³-hybridized carbons (Fsp3) is 0.914. The van der Waals surface area contributed by atoms with Crippen LogP contribution in [0.3, 0.4) is 0 Å². The lowest BCUT2D eigenvalue weighted by Gasteiger charge is -2.60. The molecule has 14 saturated carbocycles. The van der Waals surface area contributed by atoms with Gasteiger partial charge in [-0.25, -0.2) is 0 Å².